The van der Waals surface area contributed by atoms with Crippen LogP contribution in [-0.2, 0) is 9.53 Å². The second-order valence-electron chi connectivity index (χ2n) is 7.39. The molecule has 0 aliphatic rings. The summed E-state index contributed by atoms with van der Waals surface area (Å²) in [7, 11) is 1.97. The Hall–Kier alpha value is -2.15. The maximum atomic E-state index is 11.9. The Labute approximate surface area is 152 Å². The maximum Gasteiger partial charge on any atom is 0.352 e. The Kier molecular flexibility index (Phi) is 5.67. The molecule has 2 aromatic rings. The van der Waals surface area contributed by atoms with Gasteiger partial charge in [0.2, 0.25) is 0 Å². The number of nitrogen functional groups attached to an aromatic ring is 1. The summed E-state index contributed by atoms with van der Waals surface area (Å²) in [5, 5.41) is 8.84. The molecule has 0 aliphatic heterocycles. The largest absolute Gasteiger partial charge is 0.456 e. The van der Waals surface area contributed by atoms with Crippen LogP contribution in [0.1, 0.15) is 34.1 Å². The molecule has 1 heterocycles. The van der Waals surface area contributed by atoms with E-state index in [-0.39, 0.29) is 11.6 Å². The first-order chi connectivity index (χ1) is 11.5. The van der Waals surface area contributed by atoms with Gasteiger partial charge in [0.1, 0.15) is 11.3 Å². The van der Waals surface area contributed by atoms with Crippen LogP contribution in [-0.4, -0.2) is 35.9 Å². The number of aromatic nitrogens is 1. The van der Waals surface area contributed by atoms with Crippen LogP contribution in [0.2, 0.25) is 0 Å². The van der Waals surface area contributed by atoms with Gasteiger partial charge in [-0.15, -0.1) is 0 Å². The van der Waals surface area contributed by atoms with Gasteiger partial charge < -0.3 is 15.4 Å². The van der Waals surface area contributed by atoms with E-state index in [1.807, 2.05) is 37.1 Å². The second-order valence-corrected chi connectivity index (χ2v) is 8.40. The van der Waals surface area contributed by atoms with Crippen LogP contribution < -0.4 is 10.6 Å². The van der Waals surface area contributed by atoms with Crippen LogP contribution in [0.4, 0.5) is 10.8 Å². The number of benzene rings is 1. The lowest BCUT2D eigenvalue weighted by molar-refractivity contribution is -0.146. The summed E-state index contributed by atoms with van der Waals surface area (Å²) in [6.45, 7) is 8.11. The predicted molar refractivity (Wildman–Crippen MR) is 105 cm³/mol. The molecule has 0 radical (unpaired) electrons. The Bertz CT molecular complexity index is 779. The SMILES string of the molecule is CC(CC(=N)C(=O)OC(C)(C)C)CN(C)c1nc2ccc(N)cc2s1. The second kappa shape index (κ2) is 7.39. The molecule has 6 nitrogen and oxygen atoms in total. The molecule has 1 unspecified atom stereocenters. The molecule has 0 amide bonds. The number of nitrogens with zero attached hydrogens (tertiary/aromatic N) is 2. The average Bonchev–Trinajstić information content (AvgIpc) is 2.88. The summed E-state index contributed by atoms with van der Waals surface area (Å²) in [5.41, 5.74) is 6.90. The Morgan fingerprint density at radius 2 is 2.12 bits per heavy atom. The van der Waals surface area contributed by atoms with E-state index in [9.17, 15) is 4.79 Å². The van der Waals surface area contributed by atoms with Crippen LogP contribution in [0.15, 0.2) is 18.2 Å². The van der Waals surface area contributed by atoms with Gasteiger partial charge in [0, 0.05) is 25.7 Å². The number of nitrogens with two attached hydrogens (primary N) is 1. The third kappa shape index (κ3) is 5.42. The van der Waals surface area contributed by atoms with E-state index >= 15 is 0 Å². The van der Waals surface area contributed by atoms with E-state index < -0.39 is 11.6 Å². The van der Waals surface area contributed by atoms with Gasteiger partial charge in [0.25, 0.3) is 0 Å². The lowest BCUT2D eigenvalue weighted by atomic mass is 10.0. The predicted octanol–water partition coefficient (Wildman–Crippen LogP) is 3.70. The van der Waals surface area contributed by atoms with Gasteiger partial charge in [0.05, 0.1) is 10.2 Å². The van der Waals surface area contributed by atoms with Crippen LogP contribution in [0, 0.1) is 11.3 Å². The van der Waals surface area contributed by atoms with Crippen LogP contribution in [0.3, 0.4) is 0 Å². The molecule has 0 saturated carbocycles. The Morgan fingerprint density at radius 1 is 1.44 bits per heavy atom. The van der Waals surface area contributed by atoms with E-state index in [1.54, 1.807) is 32.1 Å². The third-order valence-electron chi connectivity index (χ3n) is 3.51. The standard InChI is InChI=1S/C18H26N4O2S/c1-11(8-13(20)16(23)24-18(2,3)4)10-22(5)17-21-14-7-6-12(19)9-15(14)25-17/h6-7,9,11,20H,8,10,19H2,1-5H3. The van der Waals surface area contributed by atoms with Crippen LogP contribution >= 0.6 is 11.3 Å². The van der Waals surface area contributed by atoms with E-state index in [0.29, 0.717) is 13.0 Å². The number of carbonyl (C=O) groups is 1. The number of nitrogens with one attached hydrogen (secondary N) is 1. The lowest BCUT2D eigenvalue weighted by Gasteiger charge is -2.22. The third-order valence-corrected chi connectivity index (χ3v) is 4.64. The molecule has 0 fully saturated rings. The van der Waals surface area contributed by atoms with E-state index in [4.69, 9.17) is 15.9 Å². The molecule has 0 aliphatic carbocycles. The number of carbonyl (C=O) groups excluding carboxylic acids is 1. The molecule has 136 valence electrons. The first kappa shape index (κ1) is 19.2. The number of anilines is 2. The van der Waals surface area contributed by atoms with Gasteiger partial charge in [-0.2, -0.15) is 0 Å². The fourth-order valence-electron chi connectivity index (χ4n) is 2.47. The fraction of sp³-hybridized carbons (Fsp3) is 0.500. The lowest BCUT2D eigenvalue weighted by Crippen LogP contribution is -2.31. The Morgan fingerprint density at radius 3 is 2.76 bits per heavy atom. The number of fused-ring (bicyclic) bond motifs is 1. The zero-order chi connectivity index (χ0) is 18.8. The van der Waals surface area contributed by atoms with Gasteiger partial charge >= 0.3 is 5.97 Å². The van der Waals surface area contributed by atoms with E-state index in [0.717, 1.165) is 21.0 Å². The van der Waals surface area contributed by atoms with Gasteiger partial charge in [-0.3, -0.25) is 5.41 Å². The quantitative estimate of drug-likeness (QED) is 0.464. The minimum atomic E-state index is -0.577. The average molecular weight is 362 g/mol. The van der Waals surface area contributed by atoms with Crippen molar-refractivity contribution in [2.75, 3.05) is 24.2 Å². The first-order valence-corrected chi connectivity index (χ1v) is 9.05. The zero-order valence-electron chi connectivity index (χ0n) is 15.4. The van der Waals surface area contributed by atoms with E-state index in [1.165, 1.54) is 0 Å². The van der Waals surface area contributed by atoms with Crippen molar-refractivity contribution in [2.45, 2.75) is 39.7 Å². The van der Waals surface area contributed by atoms with Gasteiger partial charge in [-0.25, -0.2) is 9.78 Å². The maximum absolute atomic E-state index is 11.9. The minimum Gasteiger partial charge on any atom is -0.456 e. The van der Waals surface area contributed by atoms with Crippen molar-refractivity contribution >= 4 is 44.1 Å². The molecular formula is C18H26N4O2S. The summed E-state index contributed by atoms with van der Waals surface area (Å²) in [6.07, 6.45) is 0.372. The summed E-state index contributed by atoms with van der Waals surface area (Å²) in [4.78, 5) is 18.6. The van der Waals surface area contributed by atoms with Crippen molar-refractivity contribution in [3.05, 3.63) is 18.2 Å². The van der Waals surface area contributed by atoms with Crippen LogP contribution in [0.25, 0.3) is 10.2 Å². The summed E-state index contributed by atoms with van der Waals surface area (Å²) >= 11 is 1.58. The van der Waals surface area contributed by atoms with Crippen molar-refractivity contribution in [3.8, 4) is 0 Å². The summed E-state index contributed by atoms with van der Waals surface area (Å²) in [5.74, 6) is -0.417. The number of thiazole rings is 1. The monoisotopic (exact) mass is 362 g/mol. The first-order valence-electron chi connectivity index (χ1n) is 8.23. The number of hydrogen-bond acceptors (Lipinski definition) is 7. The zero-order valence-corrected chi connectivity index (χ0v) is 16.2. The highest BCUT2D eigenvalue weighted by molar-refractivity contribution is 7.22. The van der Waals surface area contributed by atoms with Gasteiger partial charge in [-0.05, 0) is 44.9 Å². The fourth-order valence-corrected chi connectivity index (χ4v) is 3.46. The highest BCUT2D eigenvalue weighted by Crippen LogP contribution is 2.30. The molecule has 0 spiro atoms. The molecule has 0 saturated heterocycles. The van der Waals surface area contributed by atoms with Gasteiger partial charge in [-0.1, -0.05) is 18.3 Å². The normalized spacial score (nSPS) is 12.8. The summed E-state index contributed by atoms with van der Waals surface area (Å²) < 4.78 is 6.29. The van der Waals surface area contributed by atoms with Crippen molar-refractivity contribution in [3.63, 3.8) is 0 Å². The summed E-state index contributed by atoms with van der Waals surface area (Å²) in [6, 6.07) is 5.68. The highest BCUT2D eigenvalue weighted by Gasteiger charge is 2.22. The molecular weight excluding hydrogens is 336 g/mol. The molecule has 25 heavy (non-hydrogen) atoms. The van der Waals surface area contributed by atoms with Crippen LogP contribution in [0.5, 0.6) is 0 Å². The number of ether oxygens (including phenoxy) is 1. The smallest absolute Gasteiger partial charge is 0.352 e. The molecule has 1 aromatic heterocycles. The van der Waals surface area contributed by atoms with E-state index in [2.05, 4.69) is 4.98 Å². The van der Waals surface area contributed by atoms with Gasteiger partial charge in [0.15, 0.2) is 5.13 Å². The number of hydrogen-bond donors (Lipinski definition) is 2. The molecule has 2 rings (SSSR count). The molecule has 0 bridgehead atoms. The van der Waals surface area contributed by atoms with Crippen molar-refractivity contribution in [2.24, 2.45) is 5.92 Å². The van der Waals surface area contributed by atoms with Crippen molar-refractivity contribution in [1.29, 1.82) is 5.41 Å². The topological polar surface area (TPSA) is 92.3 Å². The highest BCUT2D eigenvalue weighted by atomic mass is 32.1. The molecule has 1 atom stereocenters. The molecule has 3 N–H and O–H groups in total. The Balaban J connectivity index is 1.95. The molecule has 7 heteroatoms. The number of rotatable bonds is 6. The number of esters is 1. The van der Waals surface area contributed by atoms with Crippen molar-refractivity contribution in [1.82, 2.24) is 4.98 Å². The van der Waals surface area contributed by atoms with Crippen molar-refractivity contribution < 1.29 is 9.53 Å². The minimum absolute atomic E-state index is 0.00731. The molecule has 1 aromatic carbocycles.